The first-order chi connectivity index (χ1) is 8.63. The third-order valence-electron chi connectivity index (χ3n) is 1.83. The van der Waals surface area contributed by atoms with Crippen LogP contribution in [0.1, 0.15) is 0 Å². The van der Waals surface area contributed by atoms with E-state index < -0.39 is 0 Å². The standard InChI is InChI=1S/C13H21FN2OS/c1-4-6-13(7-5-8-18-16(2)3)17-11-12(9-14)10-15/h4-7,9H,1,8,10-11,15H2,2-3H3/b7-5-,12-9-,13-6+. The van der Waals surface area contributed by atoms with Gasteiger partial charge in [-0.15, -0.1) is 0 Å². The number of allylic oxidation sites excluding steroid dienone is 3. The van der Waals surface area contributed by atoms with E-state index in [4.69, 9.17) is 10.5 Å². The third kappa shape index (κ3) is 9.04. The van der Waals surface area contributed by atoms with Gasteiger partial charge in [-0.25, -0.2) is 4.39 Å². The average molecular weight is 272 g/mol. The van der Waals surface area contributed by atoms with E-state index in [9.17, 15) is 4.39 Å². The molecule has 0 spiro atoms. The first-order valence-corrected chi connectivity index (χ1v) is 6.48. The van der Waals surface area contributed by atoms with E-state index in [0.29, 0.717) is 17.7 Å². The molecule has 0 amide bonds. The van der Waals surface area contributed by atoms with Crippen LogP contribution in [-0.2, 0) is 4.74 Å². The zero-order valence-electron chi connectivity index (χ0n) is 10.9. The predicted molar refractivity (Wildman–Crippen MR) is 77.8 cm³/mol. The van der Waals surface area contributed by atoms with Crippen molar-refractivity contribution in [1.82, 2.24) is 4.31 Å². The minimum Gasteiger partial charge on any atom is -0.489 e. The highest BCUT2D eigenvalue weighted by atomic mass is 32.2. The Balaban J connectivity index is 4.24. The Morgan fingerprint density at radius 3 is 2.72 bits per heavy atom. The number of hydrogen-bond donors (Lipinski definition) is 1. The predicted octanol–water partition coefficient (Wildman–Crippen LogP) is 2.65. The van der Waals surface area contributed by atoms with Gasteiger partial charge in [0.15, 0.2) is 0 Å². The molecule has 0 aromatic heterocycles. The first kappa shape index (κ1) is 17.0. The lowest BCUT2D eigenvalue weighted by Crippen LogP contribution is -2.08. The largest absolute Gasteiger partial charge is 0.489 e. The lowest BCUT2D eigenvalue weighted by atomic mass is 10.3. The molecule has 0 atom stereocenters. The van der Waals surface area contributed by atoms with Gasteiger partial charge in [-0.05, 0) is 26.2 Å². The van der Waals surface area contributed by atoms with Gasteiger partial charge in [-0.1, -0.05) is 30.7 Å². The third-order valence-corrected chi connectivity index (χ3v) is 2.69. The van der Waals surface area contributed by atoms with Crippen molar-refractivity contribution in [3.8, 4) is 0 Å². The van der Waals surface area contributed by atoms with Crippen LogP contribution in [0.4, 0.5) is 4.39 Å². The molecule has 0 aromatic rings. The molecule has 0 aliphatic rings. The number of ether oxygens (including phenoxy) is 1. The molecule has 0 saturated carbocycles. The number of nitrogens with two attached hydrogens (primary N) is 1. The maximum absolute atomic E-state index is 12.3. The zero-order chi connectivity index (χ0) is 13.8. The summed E-state index contributed by atoms with van der Waals surface area (Å²) in [5, 5.41) is 0. The molecule has 0 unspecified atom stereocenters. The lowest BCUT2D eigenvalue weighted by Gasteiger charge is -2.08. The van der Waals surface area contributed by atoms with Crippen molar-refractivity contribution in [3.63, 3.8) is 0 Å². The van der Waals surface area contributed by atoms with Crippen molar-refractivity contribution in [2.75, 3.05) is 33.0 Å². The highest BCUT2D eigenvalue weighted by Crippen LogP contribution is 2.07. The fourth-order valence-corrected chi connectivity index (χ4v) is 1.42. The van der Waals surface area contributed by atoms with Crippen molar-refractivity contribution in [2.24, 2.45) is 5.73 Å². The van der Waals surface area contributed by atoms with E-state index in [1.54, 1.807) is 24.1 Å². The number of nitrogens with zero attached hydrogens (tertiary/aromatic N) is 1. The summed E-state index contributed by atoms with van der Waals surface area (Å²) in [4.78, 5) is 0. The van der Waals surface area contributed by atoms with Gasteiger partial charge in [0.25, 0.3) is 0 Å². The molecular weight excluding hydrogens is 251 g/mol. The first-order valence-electron chi connectivity index (χ1n) is 5.54. The molecule has 0 aliphatic heterocycles. The van der Waals surface area contributed by atoms with Crippen molar-refractivity contribution >= 4 is 11.9 Å². The normalized spacial score (nSPS) is 13.4. The van der Waals surface area contributed by atoms with Crippen LogP contribution in [0.5, 0.6) is 0 Å². The van der Waals surface area contributed by atoms with Gasteiger partial charge in [0.1, 0.15) is 12.4 Å². The Bertz CT molecular complexity index is 325. The van der Waals surface area contributed by atoms with Gasteiger partial charge in [0, 0.05) is 17.9 Å². The maximum atomic E-state index is 12.3. The fraction of sp³-hybridized carbons (Fsp3) is 0.385. The smallest absolute Gasteiger partial charge is 0.119 e. The summed E-state index contributed by atoms with van der Waals surface area (Å²) in [5.74, 6) is 1.48. The highest BCUT2D eigenvalue weighted by Gasteiger charge is 1.97. The van der Waals surface area contributed by atoms with E-state index in [-0.39, 0.29) is 13.2 Å². The summed E-state index contributed by atoms with van der Waals surface area (Å²) in [5.41, 5.74) is 5.76. The zero-order valence-corrected chi connectivity index (χ0v) is 11.8. The maximum Gasteiger partial charge on any atom is 0.119 e. The molecule has 0 aliphatic carbocycles. The second-order valence-electron chi connectivity index (χ2n) is 3.58. The van der Waals surface area contributed by atoms with Gasteiger partial charge in [-0.2, -0.15) is 0 Å². The number of halogens is 1. The molecule has 0 heterocycles. The quantitative estimate of drug-likeness (QED) is 0.398. The van der Waals surface area contributed by atoms with Gasteiger partial charge in [0.2, 0.25) is 0 Å². The van der Waals surface area contributed by atoms with E-state index in [1.807, 2.05) is 30.6 Å². The van der Waals surface area contributed by atoms with Crippen LogP contribution in [-0.4, -0.2) is 37.3 Å². The highest BCUT2D eigenvalue weighted by molar-refractivity contribution is 7.97. The number of rotatable bonds is 9. The Kier molecular flexibility index (Phi) is 10.4. The molecule has 0 saturated heterocycles. The summed E-state index contributed by atoms with van der Waals surface area (Å²) >= 11 is 1.67. The van der Waals surface area contributed by atoms with Crippen molar-refractivity contribution in [2.45, 2.75) is 0 Å². The molecule has 3 nitrogen and oxygen atoms in total. The van der Waals surface area contributed by atoms with E-state index in [1.165, 1.54) is 0 Å². The number of hydrogen-bond acceptors (Lipinski definition) is 4. The molecule has 0 fully saturated rings. The summed E-state index contributed by atoms with van der Waals surface area (Å²) in [6.07, 6.45) is 7.65. The van der Waals surface area contributed by atoms with Crippen LogP contribution in [0, 0.1) is 0 Å². The summed E-state index contributed by atoms with van der Waals surface area (Å²) in [6.45, 7) is 3.91. The molecule has 0 rings (SSSR count). The Labute approximate surface area is 113 Å². The average Bonchev–Trinajstić information content (AvgIpc) is 2.35. The summed E-state index contributed by atoms with van der Waals surface area (Å²) in [7, 11) is 3.96. The van der Waals surface area contributed by atoms with Crippen molar-refractivity contribution in [1.29, 1.82) is 0 Å². The Morgan fingerprint density at radius 1 is 1.50 bits per heavy atom. The van der Waals surface area contributed by atoms with Gasteiger partial charge in [-0.3, -0.25) is 4.31 Å². The van der Waals surface area contributed by atoms with Crippen LogP contribution in [0.2, 0.25) is 0 Å². The van der Waals surface area contributed by atoms with Crippen LogP contribution in [0.25, 0.3) is 0 Å². The molecule has 0 aromatic carbocycles. The minimum absolute atomic E-state index is 0.151. The molecule has 5 heteroatoms. The molecule has 2 N–H and O–H groups in total. The van der Waals surface area contributed by atoms with Crippen LogP contribution in [0.3, 0.4) is 0 Å². The second-order valence-corrected chi connectivity index (χ2v) is 4.90. The van der Waals surface area contributed by atoms with E-state index in [2.05, 4.69) is 6.58 Å². The van der Waals surface area contributed by atoms with Gasteiger partial charge < -0.3 is 10.5 Å². The van der Waals surface area contributed by atoms with Crippen molar-refractivity contribution < 1.29 is 9.13 Å². The second kappa shape index (κ2) is 11.1. The SMILES string of the molecule is C=C/C=C(\C=C/CSN(C)C)OC/C(=C\F)CN. The van der Waals surface area contributed by atoms with Crippen LogP contribution < -0.4 is 5.73 Å². The van der Waals surface area contributed by atoms with Crippen LogP contribution >= 0.6 is 11.9 Å². The molecule has 0 radical (unpaired) electrons. The lowest BCUT2D eigenvalue weighted by molar-refractivity contribution is 0.250. The Hall–Kier alpha value is -1.04. The minimum atomic E-state index is 0.151. The summed E-state index contributed by atoms with van der Waals surface area (Å²) < 4.78 is 19.7. The van der Waals surface area contributed by atoms with Crippen molar-refractivity contribution in [3.05, 3.63) is 48.5 Å². The van der Waals surface area contributed by atoms with Crippen LogP contribution in [0.15, 0.2) is 48.5 Å². The van der Waals surface area contributed by atoms with Gasteiger partial charge in [0.05, 0.1) is 6.33 Å². The van der Waals surface area contributed by atoms with Gasteiger partial charge >= 0.3 is 0 Å². The Morgan fingerprint density at radius 2 is 2.22 bits per heavy atom. The monoisotopic (exact) mass is 272 g/mol. The fourth-order valence-electron chi connectivity index (χ4n) is 0.935. The molecular formula is C13H21FN2OS. The topological polar surface area (TPSA) is 38.5 Å². The molecule has 18 heavy (non-hydrogen) atoms. The molecule has 0 bridgehead atoms. The van der Waals surface area contributed by atoms with E-state index >= 15 is 0 Å². The van der Waals surface area contributed by atoms with E-state index in [0.717, 1.165) is 5.75 Å². The molecule has 102 valence electrons. The summed E-state index contributed by atoms with van der Waals surface area (Å²) in [6, 6.07) is 0.